The molecule has 2 N–H and O–H groups in total. The normalized spacial score (nSPS) is 32.2. The topological polar surface area (TPSA) is 57.4 Å². The van der Waals surface area contributed by atoms with Gasteiger partial charge in [-0.15, -0.1) is 0 Å². The minimum atomic E-state index is -0.0150. The van der Waals surface area contributed by atoms with Gasteiger partial charge < -0.3 is 15.0 Å². The minimum absolute atomic E-state index is 0.0150. The largest absolute Gasteiger partial charge is 0.376 e. The third-order valence-corrected chi connectivity index (χ3v) is 3.77. The highest BCUT2D eigenvalue weighted by molar-refractivity contribution is 5.92. The summed E-state index contributed by atoms with van der Waals surface area (Å²) in [6, 6.07) is 4.33. The summed E-state index contributed by atoms with van der Waals surface area (Å²) < 4.78 is 5.66. The van der Waals surface area contributed by atoms with Crippen molar-refractivity contribution in [2.75, 3.05) is 19.7 Å². The molecular formula is C13H19N3O2. The average molecular weight is 249 g/mol. The van der Waals surface area contributed by atoms with E-state index in [0.29, 0.717) is 17.8 Å². The van der Waals surface area contributed by atoms with Crippen LogP contribution in [0.3, 0.4) is 0 Å². The molecule has 3 rings (SSSR count). The lowest BCUT2D eigenvalue weighted by molar-refractivity contribution is -0.0390. The highest BCUT2D eigenvalue weighted by Crippen LogP contribution is 2.23. The number of fused-ring (bicyclic) bond motifs is 1. The van der Waals surface area contributed by atoms with Crippen LogP contribution in [-0.2, 0) is 4.74 Å². The SMILES string of the molecule is C[C@@H]1CN2C[C@@H](NC(=O)c3ccc[nH]3)C[C@H]2CO1. The smallest absolute Gasteiger partial charge is 0.267 e. The number of H-pyrrole nitrogens is 1. The van der Waals surface area contributed by atoms with Crippen LogP contribution in [0.2, 0.25) is 0 Å². The zero-order chi connectivity index (χ0) is 12.5. The van der Waals surface area contributed by atoms with Gasteiger partial charge in [0.2, 0.25) is 0 Å². The molecule has 2 fully saturated rings. The molecule has 2 aliphatic heterocycles. The Hall–Kier alpha value is -1.33. The monoisotopic (exact) mass is 249 g/mol. The van der Waals surface area contributed by atoms with Gasteiger partial charge in [-0.2, -0.15) is 0 Å². The van der Waals surface area contributed by atoms with Crippen LogP contribution in [0.5, 0.6) is 0 Å². The molecule has 5 nitrogen and oxygen atoms in total. The van der Waals surface area contributed by atoms with Gasteiger partial charge in [-0.25, -0.2) is 0 Å². The summed E-state index contributed by atoms with van der Waals surface area (Å²) in [5, 5.41) is 3.09. The third kappa shape index (κ3) is 2.28. The van der Waals surface area contributed by atoms with Gasteiger partial charge in [-0.1, -0.05) is 0 Å². The molecule has 1 amide bonds. The summed E-state index contributed by atoms with van der Waals surface area (Å²) >= 11 is 0. The van der Waals surface area contributed by atoms with Crippen LogP contribution >= 0.6 is 0 Å². The molecule has 0 bridgehead atoms. The Morgan fingerprint density at radius 3 is 3.22 bits per heavy atom. The fraction of sp³-hybridized carbons (Fsp3) is 0.615. The van der Waals surface area contributed by atoms with Gasteiger partial charge in [-0.3, -0.25) is 9.69 Å². The van der Waals surface area contributed by atoms with Crippen molar-refractivity contribution in [2.24, 2.45) is 0 Å². The number of rotatable bonds is 2. The van der Waals surface area contributed by atoms with Crippen molar-refractivity contribution in [2.45, 2.75) is 31.5 Å². The molecule has 98 valence electrons. The molecule has 0 saturated carbocycles. The Bertz CT molecular complexity index is 418. The summed E-state index contributed by atoms with van der Waals surface area (Å²) in [5.41, 5.74) is 0.629. The molecule has 1 aromatic rings. The number of morpholine rings is 1. The van der Waals surface area contributed by atoms with Gasteiger partial charge in [-0.05, 0) is 25.5 Å². The third-order valence-electron chi connectivity index (χ3n) is 3.77. The molecule has 2 aliphatic rings. The Morgan fingerprint density at radius 1 is 1.56 bits per heavy atom. The van der Waals surface area contributed by atoms with Gasteiger partial charge in [0.25, 0.3) is 5.91 Å². The lowest BCUT2D eigenvalue weighted by Gasteiger charge is -2.33. The first kappa shape index (κ1) is 11.7. The molecule has 0 aromatic carbocycles. The summed E-state index contributed by atoms with van der Waals surface area (Å²) in [5.74, 6) is -0.0150. The van der Waals surface area contributed by atoms with E-state index in [1.165, 1.54) is 0 Å². The highest BCUT2D eigenvalue weighted by Gasteiger charge is 2.36. The van der Waals surface area contributed by atoms with Crippen molar-refractivity contribution < 1.29 is 9.53 Å². The van der Waals surface area contributed by atoms with Crippen molar-refractivity contribution in [1.29, 1.82) is 0 Å². The zero-order valence-corrected chi connectivity index (χ0v) is 10.6. The number of hydrogen-bond donors (Lipinski definition) is 2. The van der Waals surface area contributed by atoms with Crippen LogP contribution in [-0.4, -0.2) is 53.7 Å². The maximum atomic E-state index is 11.9. The van der Waals surface area contributed by atoms with Crippen LogP contribution in [0.1, 0.15) is 23.8 Å². The molecule has 0 spiro atoms. The summed E-state index contributed by atoms with van der Waals surface area (Å²) in [6.45, 7) is 4.79. The number of amides is 1. The van der Waals surface area contributed by atoms with Crippen molar-refractivity contribution in [3.8, 4) is 0 Å². The van der Waals surface area contributed by atoms with E-state index in [4.69, 9.17) is 4.74 Å². The quantitative estimate of drug-likeness (QED) is 0.807. The molecule has 3 heterocycles. The zero-order valence-electron chi connectivity index (χ0n) is 10.6. The van der Waals surface area contributed by atoms with Crippen molar-refractivity contribution in [1.82, 2.24) is 15.2 Å². The maximum Gasteiger partial charge on any atom is 0.267 e. The summed E-state index contributed by atoms with van der Waals surface area (Å²) in [6.07, 6.45) is 3.06. The van der Waals surface area contributed by atoms with Gasteiger partial charge in [0, 0.05) is 31.4 Å². The van der Waals surface area contributed by atoms with E-state index < -0.39 is 0 Å². The van der Waals surface area contributed by atoms with Gasteiger partial charge in [0.15, 0.2) is 0 Å². The fourth-order valence-corrected chi connectivity index (χ4v) is 2.88. The molecule has 0 aliphatic carbocycles. The van der Waals surface area contributed by atoms with E-state index in [-0.39, 0.29) is 11.9 Å². The van der Waals surface area contributed by atoms with E-state index in [1.54, 1.807) is 12.3 Å². The summed E-state index contributed by atoms with van der Waals surface area (Å²) in [7, 11) is 0. The second-order valence-corrected chi connectivity index (χ2v) is 5.24. The fourth-order valence-electron chi connectivity index (χ4n) is 2.88. The first-order valence-electron chi connectivity index (χ1n) is 6.52. The second kappa shape index (κ2) is 4.74. The number of nitrogens with zero attached hydrogens (tertiary/aromatic N) is 1. The van der Waals surface area contributed by atoms with Crippen LogP contribution in [0.25, 0.3) is 0 Å². The Balaban J connectivity index is 1.58. The predicted octanol–water partition coefficient (Wildman–Crippen LogP) is 0.606. The lowest BCUT2D eigenvalue weighted by Crippen LogP contribution is -2.45. The number of hydrogen-bond acceptors (Lipinski definition) is 3. The van der Waals surface area contributed by atoms with Gasteiger partial charge in [0.1, 0.15) is 5.69 Å². The Kier molecular flexibility index (Phi) is 3.09. The first-order chi connectivity index (χ1) is 8.72. The Morgan fingerprint density at radius 2 is 2.44 bits per heavy atom. The van der Waals surface area contributed by atoms with Crippen LogP contribution in [0.4, 0.5) is 0 Å². The Labute approximate surface area is 106 Å². The van der Waals surface area contributed by atoms with Crippen LogP contribution < -0.4 is 5.32 Å². The molecule has 18 heavy (non-hydrogen) atoms. The number of nitrogens with one attached hydrogen (secondary N) is 2. The first-order valence-corrected chi connectivity index (χ1v) is 6.52. The van der Waals surface area contributed by atoms with Crippen molar-refractivity contribution in [3.63, 3.8) is 0 Å². The van der Waals surface area contributed by atoms with E-state index in [1.807, 2.05) is 6.07 Å². The van der Waals surface area contributed by atoms with E-state index in [0.717, 1.165) is 26.1 Å². The van der Waals surface area contributed by atoms with Crippen LogP contribution in [0, 0.1) is 0 Å². The van der Waals surface area contributed by atoms with E-state index >= 15 is 0 Å². The lowest BCUT2D eigenvalue weighted by atomic mass is 10.1. The number of aromatic amines is 1. The number of aromatic nitrogens is 1. The number of carbonyl (C=O) groups excluding carboxylic acids is 1. The molecule has 2 saturated heterocycles. The number of ether oxygens (including phenoxy) is 1. The van der Waals surface area contributed by atoms with Crippen molar-refractivity contribution >= 4 is 5.91 Å². The molecule has 1 aromatic heterocycles. The minimum Gasteiger partial charge on any atom is -0.376 e. The molecule has 5 heteroatoms. The summed E-state index contributed by atoms with van der Waals surface area (Å²) in [4.78, 5) is 17.3. The second-order valence-electron chi connectivity index (χ2n) is 5.24. The van der Waals surface area contributed by atoms with Crippen molar-refractivity contribution in [3.05, 3.63) is 24.0 Å². The van der Waals surface area contributed by atoms with E-state index in [2.05, 4.69) is 22.1 Å². The molecule has 3 atom stereocenters. The van der Waals surface area contributed by atoms with Crippen LogP contribution in [0.15, 0.2) is 18.3 Å². The molecule has 0 radical (unpaired) electrons. The predicted molar refractivity (Wildman–Crippen MR) is 67.4 cm³/mol. The maximum absolute atomic E-state index is 11.9. The highest BCUT2D eigenvalue weighted by atomic mass is 16.5. The molecule has 0 unspecified atom stereocenters. The standard InChI is InChI=1S/C13H19N3O2/c1-9-6-16-7-10(5-11(16)8-18-9)15-13(17)12-3-2-4-14-12/h2-4,9-11,14H,5-8H2,1H3,(H,15,17)/t9-,10+,11+/m1/s1. The average Bonchev–Trinajstić information content (AvgIpc) is 2.95. The number of carbonyl (C=O) groups is 1. The molecular weight excluding hydrogens is 230 g/mol. The van der Waals surface area contributed by atoms with E-state index in [9.17, 15) is 4.79 Å². The van der Waals surface area contributed by atoms with Gasteiger partial charge in [0.05, 0.1) is 12.7 Å². The van der Waals surface area contributed by atoms with Gasteiger partial charge >= 0.3 is 0 Å².